The molecule has 2 aromatic rings. The van der Waals surface area contributed by atoms with Crippen molar-refractivity contribution in [1.29, 1.82) is 0 Å². The molecule has 0 aliphatic heterocycles. The van der Waals surface area contributed by atoms with Gasteiger partial charge in [-0.2, -0.15) is 0 Å². The molecule has 0 atom stereocenters. The summed E-state index contributed by atoms with van der Waals surface area (Å²) in [4.78, 5) is 10.0. The number of hydrogen-bond acceptors (Lipinski definition) is 3. The van der Waals surface area contributed by atoms with Gasteiger partial charge in [0.25, 0.3) is 0 Å². The summed E-state index contributed by atoms with van der Waals surface area (Å²) < 4.78 is 5.06. The Morgan fingerprint density at radius 3 is 2.37 bits per heavy atom. The number of nitrogens with two attached hydrogens (primary N) is 1. The number of methoxy groups -OCH3 is 1. The third-order valence-electron chi connectivity index (χ3n) is 2.50. The van der Waals surface area contributed by atoms with Crippen LogP contribution in [-0.4, -0.2) is 19.9 Å². The molecule has 3 nitrogen and oxygen atoms in total. The average Bonchev–Trinajstić information content (AvgIpc) is 2.49. The van der Waals surface area contributed by atoms with Crippen molar-refractivity contribution < 1.29 is 9.53 Å². The predicted molar refractivity (Wildman–Crippen MR) is 77.6 cm³/mol. The topological polar surface area (TPSA) is 52.3 Å². The van der Waals surface area contributed by atoms with Crippen LogP contribution in [0.15, 0.2) is 54.6 Å². The maximum Gasteiger partial charge on any atom is 0.150 e. The molecule has 2 N–H and O–H groups in total. The Labute approximate surface area is 114 Å². The van der Waals surface area contributed by atoms with Gasteiger partial charge in [0.1, 0.15) is 12.0 Å². The van der Waals surface area contributed by atoms with Gasteiger partial charge in [-0.3, -0.25) is 4.79 Å². The molecule has 0 aromatic heterocycles. The van der Waals surface area contributed by atoms with Crippen molar-refractivity contribution in [3.8, 4) is 5.75 Å². The fourth-order valence-electron chi connectivity index (χ4n) is 1.53. The molecule has 3 heteroatoms. The Morgan fingerprint density at radius 2 is 1.84 bits per heavy atom. The van der Waals surface area contributed by atoms with Gasteiger partial charge in [0.05, 0.1) is 7.11 Å². The highest BCUT2D eigenvalue weighted by atomic mass is 16.5. The second kappa shape index (κ2) is 8.89. The SMILES string of the molecule is COc1cccc(CCN)c1.O=Cc1ccccc1. The molecule has 0 radical (unpaired) electrons. The van der Waals surface area contributed by atoms with Gasteiger partial charge in [-0.25, -0.2) is 0 Å². The van der Waals surface area contributed by atoms with Crippen LogP contribution in [0.4, 0.5) is 0 Å². The molecule has 0 heterocycles. The summed E-state index contributed by atoms with van der Waals surface area (Å²) in [7, 11) is 1.67. The van der Waals surface area contributed by atoms with Crippen molar-refractivity contribution in [3.05, 3.63) is 65.7 Å². The standard InChI is InChI=1S/C9H13NO.C7H6O/c1-11-9-4-2-3-8(7-9)5-6-10;8-6-7-4-2-1-3-5-7/h2-4,7H,5-6,10H2,1H3;1-6H. The van der Waals surface area contributed by atoms with Crippen LogP contribution >= 0.6 is 0 Å². The number of benzene rings is 2. The molecule has 2 aromatic carbocycles. The molecule has 19 heavy (non-hydrogen) atoms. The second-order valence-corrected chi connectivity index (χ2v) is 3.92. The molecule has 0 bridgehead atoms. The van der Waals surface area contributed by atoms with Crippen LogP contribution in [0.3, 0.4) is 0 Å². The highest BCUT2D eigenvalue weighted by molar-refractivity contribution is 5.74. The van der Waals surface area contributed by atoms with E-state index in [9.17, 15) is 4.79 Å². The van der Waals surface area contributed by atoms with E-state index in [2.05, 4.69) is 6.07 Å². The highest BCUT2D eigenvalue weighted by Gasteiger charge is 1.92. The van der Waals surface area contributed by atoms with Crippen molar-refractivity contribution in [3.63, 3.8) is 0 Å². The molecule has 0 aliphatic carbocycles. The zero-order chi connectivity index (χ0) is 13.9. The van der Waals surface area contributed by atoms with Gasteiger partial charge < -0.3 is 10.5 Å². The molecule has 100 valence electrons. The molecule has 0 unspecified atom stereocenters. The lowest BCUT2D eigenvalue weighted by atomic mass is 10.1. The minimum absolute atomic E-state index is 0.688. The summed E-state index contributed by atoms with van der Waals surface area (Å²) in [6.07, 6.45) is 1.75. The van der Waals surface area contributed by atoms with E-state index >= 15 is 0 Å². The van der Waals surface area contributed by atoms with Gasteiger partial charge in [0.15, 0.2) is 0 Å². The van der Waals surface area contributed by atoms with E-state index < -0.39 is 0 Å². The molecule has 2 rings (SSSR count). The predicted octanol–water partition coefficient (Wildman–Crippen LogP) is 2.70. The Kier molecular flexibility index (Phi) is 6.98. The lowest BCUT2D eigenvalue weighted by Crippen LogP contribution is -2.02. The van der Waals surface area contributed by atoms with Crippen molar-refractivity contribution in [2.75, 3.05) is 13.7 Å². The average molecular weight is 257 g/mol. The largest absolute Gasteiger partial charge is 0.497 e. The number of rotatable bonds is 4. The normalized spacial score (nSPS) is 9.16. The Bertz CT molecular complexity index is 483. The maximum atomic E-state index is 10.0. The number of carbonyl (C=O) groups is 1. The van der Waals surface area contributed by atoms with Gasteiger partial charge in [-0.1, -0.05) is 42.5 Å². The van der Waals surface area contributed by atoms with Crippen LogP contribution in [0.25, 0.3) is 0 Å². The van der Waals surface area contributed by atoms with E-state index in [1.807, 2.05) is 36.4 Å². The van der Waals surface area contributed by atoms with Crippen molar-refractivity contribution in [2.24, 2.45) is 5.73 Å². The summed E-state index contributed by atoms with van der Waals surface area (Å²) in [6, 6.07) is 17.1. The molecule has 0 saturated carbocycles. The quantitative estimate of drug-likeness (QED) is 0.857. The fraction of sp³-hybridized carbons (Fsp3) is 0.188. The molecular weight excluding hydrogens is 238 g/mol. The van der Waals surface area contributed by atoms with E-state index in [1.54, 1.807) is 19.2 Å². The minimum Gasteiger partial charge on any atom is -0.497 e. The first kappa shape index (κ1) is 14.9. The monoisotopic (exact) mass is 257 g/mol. The summed E-state index contributed by atoms with van der Waals surface area (Å²) in [5.74, 6) is 0.899. The van der Waals surface area contributed by atoms with Crippen molar-refractivity contribution in [2.45, 2.75) is 6.42 Å². The molecule has 0 aliphatic rings. The first-order chi connectivity index (χ1) is 9.30. The molecule has 0 saturated heterocycles. The van der Waals surface area contributed by atoms with Crippen LogP contribution in [-0.2, 0) is 6.42 Å². The first-order valence-electron chi connectivity index (χ1n) is 6.13. The smallest absolute Gasteiger partial charge is 0.150 e. The van der Waals surface area contributed by atoms with Crippen LogP contribution < -0.4 is 10.5 Å². The lowest BCUT2D eigenvalue weighted by Gasteiger charge is -2.01. The highest BCUT2D eigenvalue weighted by Crippen LogP contribution is 2.12. The molecule has 0 fully saturated rings. The van der Waals surface area contributed by atoms with Gasteiger partial charge in [0, 0.05) is 5.56 Å². The summed E-state index contributed by atoms with van der Waals surface area (Å²) in [6.45, 7) is 0.688. The zero-order valence-corrected chi connectivity index (χ0v) is 11.1. The van der Waals surface area contributed by atoms with Gasteiger partial charge >= 0.3 is 0 Å². The van der Waals surface area contributed by atoms with E-state index in [4.69, 9.17) is 10.5 Å². The van der Waals surface area contributed by atoms with Crippen molar-refractivity contribution >= 4 is 6.29 Å². The minimum atomic E-state index is 0.688. The first-order valence-corrected chi connectivity index (χ1v) is 6.13. The van der Waals surface area contributed by atoms with E-state index in [1.165, 1.54) is 5.56 Å². The zero-order valence-electron chi connectivity index (χ0n) is 11.1. The van der Waals surface area contributed by atoms with E-state index in [-0.39, 0.29) is 0 Å². The van der Waals surface area contributed by atoms with Crippen molar-refractivity contribution in [1.82, 2.24) is 0 Å². The van der Waals surface area contributed by atoms with E-state index in [0.717, 1.165) is 24.0 Å². The Morgan fingerprint density at radius 1 is 1.11 bits per heavy atom. The van der Waals surface area contributed by atoms with Crippen LogP contribution in [0.5, 0.6) is 5.75 Å². The van der Waals surface area contributed by atoms with Crippen LogP contribution in [0.2, 0.25) is 0 Å². The lowest BCUT2D eigenvalue weighted by molar-refractivity contribution is 0.112. The van der Waals surface area contributed by atoms with Crippen LogP contribution in [0, 0.1) is 0 Å². The second-order valence-electron chi connectivity index (χ2n) is 3.92. The third-order valence-corrected chi connectivity index (χ3v) is 2.50. The van der Waals surface area contributed by atoms with Gasteiger partial charge in [-0.05, 0) is 30.7 Å². The van der Waals surface area contributed by atoms with Crippen LogP contribution in [0.1, 0.15) is 15.9 Å². The maximum absolute atomic E-state index is 10.0. The summed E-state index contributed by atoms with van der Waals surface area (Å²) in [5, 5.41) is 0. The molecule has 0 amide bonds. The summed E-state index contributed by atoms with van der Waals surface area (Å²) in [5.41, 5.74) is 7.37. The number of carbonyl (C=O) groups excluding carboxylic acids is 1. The molecule has 0 spiro atoms. The van der Waals surface area contributed by atoms with Gasteiger partial charge in [-0.15, -0.1) is 0 Å². The third kappa shape index (κ3) is 5.84. The van der Waals surface area contributed by atoms with Gasteiger partial charge in [0.2, 0.25) is 0 Å². The fourth-order valence-corrected chi connectivity index (χ4v) is 1.53. The number of hydrogen-bond donors (Lipinski definition) is 1. The summed E-state index contributed by atoms with van der Waals surface area (Å²) >= 11 is 0. The number of aldehydes is 1. The Balaban J connectivity index is 0.000000200. The number of ether oxygens (including phenoxy) is 1. The Hall–Kier alpha value is -2.13. The van der Waals surface area contributed by atoms with E-state index in [0.29, 0.717) is 6.54 Å². The molecular formula is C16H19NO2.